The summed E-state index contributed by atoms with van der Waals surface area (Å²) in [6.07, 6.45) is -1.57. The van der Waals surface area contributed by atoms with Gasteiger partial charge in [0.25, 0.3) is 0 Å². The van der Waals surface area contributed by atoms with E-state index >= 15 is 0 Å². The Balaban J connectivity index is 1.28. The predicted octanol–water partition coefficient (Wildman–Crippen LogP) is 5.30. The Kier molecular flexibility index (Phi) is 8.65. The smallest absolute Gasteiger partial charge is 0.406 e. The number of nitrogens with one attached hydrogen (secondary N) is 1. The zero-order valence-electron chi connectivity index (χ0n) is 22.0. The summed E-state index contributed by atoms with van der Waals surface area (Å²) >= 11 is 0. The summed E-state index contributed by atoms with van der Waals surface area (Å²) in [6, 6.07) is 15.7. The highest BCUT2D eigenvalue weighted by Crippen LogP contribution is 2.41. The lowest BCUT2D eigenvalue weighted by atomic mass is 9.77. The number of carbonyl (C=O) groups is 2. The van der Waals surface area contributed by atoms with Crippen molar-refractivity contribution in [2.24, 2.45) is 11.3 Å². The molecule has 9 heteroatoms. The largest absolute Gasteiger partial charge is 0.573 e. The molecule has 2 aromatic rings. The molecule has 0 unspecified atom stereocenters. The molecular weight excluding hydrogens is 495 g/mol. The molecule has 4 rings (SSSR count). The third-order valence-electron chi connectivity index (χ3n) is 7.63. The van der Waals surface area contributed by atoms with Gasteiger partial charge in [0.05, 0.1) is 6.04 Å². The number of ether oxygens (including phenoxy) is 1. The fraction of sp³-hybridized carbons (Fsp3) is 0.517. The van der Waals surface area contributed by atoms with Gasteiger partial charge < -0.3 is 19.9 Å². The van der Waals surface area contributed by atoms with Crippen LogP contribution in [0.5, 0.6) is 5.75 Å². The zero-order chi connectivity index (χ0) is 27.3. The average molecular weight is 532 g/mol. The predicted molar refractivity (Wildman–Crippen MR) is 138 cm³/mol. The molecule has 0 radical (unpaired) electrons. The number of hydrogen-bond acceptors (Lipinski definition) is 4. The molecule has 6 nitrogen and oxygen atoms in total. The summed E-state index contributed by atoms with van der Waals surface area (Å²) in [5.41, 5.74) is 1.82. The van der Waals surface area contributed by atoms with Gasteiger partial charge in [0.2, 0.25) is 11.8 Å². The van der Waals surface area contributed by atoms with Crippen molar-refractivity contribution < 1.29 is 27.5 Å². The van der Waals surface area contributed by atoms with Crippen LogP contribution in [-0.4, -0.2) is 54.2 Å². The third kappa shape index (κ3) is 7.49. The van der Waals surface area contributed by atoms with Gasteiger partial charge in [0.15, 0.2) is 0 Å². The molecule has 0 bridgehead atoms. The second-order valence-corrected chi connectivity index (χ2v) is 10.9. The van der Waals surface area contributed by atoms with Crippen LogP contribution < -0.4 is 10.1 Å². The summed E-state index contributed by atoms with van der Waals surface area (Å²) in [5.74, 6) is -0.209. The molecule has 0 saturated carbocycles. The van der Waals surface area contributed by atoms with Crippen molar-refractivity contribution in [3.63, 3.8) is 0 Å². The van der Waals surface area contributed by atoms with Crippen LogP contribution in [0, 0.1) is 11.3 Å². The first-order valence-electron chi connectivity index (χ1n) is 13.2. The maximum absolute atomic E-state index is 12.8. The number of benzene rings is 2. The number of alkyl halides is 3. The first kappa shape index (κ1) is 28.0. The molecule has 0 aliphatic carbocycles. The zero-order valence-corrected chi connectivity index (χ0v) is 22.0. The Hall–Kier alpha value is -3.07. The van der Waals surface area contributed by atoms with E-state index < -0.39 is 6.36 Å². The average Bonchev–Trinajstić information content (AvgIpc) is 3.17. The van der Waals surface area contributed by atoms with Crippen LogP contribution in [0.25, 0.3) is 0 Å². The minimum atomic E-state index is -4.72. The Morgan fingerprint density at radius 2 is 1.71 bits per heavy atom. The van der Waals surface area contributed by atoms with Gasteiger partial charge in [-0.1, -0.05) is 56.3 Å². The van der Waals surface area contributed by atoms with Gasteiger partial charge >= 0.3 is 6.36 Å². The fourth-order valence-corrected chi connectivity index (χ4v) is 5.39. The second-order valence-electron chi connectivity index (χ2n) is 10.9. The standard InChI is InChI=1S/C29H36F3N3O3/c1-21(2)27(37)33-25(23-6-4-3-5-7-23)12-15-34-16-13-28(14-17-34)18-26(36)35(20-28)19-22-8-10-24(11-9-22)38-29(30,31)32/h3-11,21,25H,12-20H2,1-2H3,(H,33,37)/t25-/m0/s1. The molecule has 2 heterocycles. The molecule has 1 spiro atoms. The first-order valence-corrected chi connectivity index (χ1v) is 13.2. The minimum Gasteiger partial charge on any atom is -0.406 e. The number of likely N-dealkylation sites (tertiary alicyclic amines) is 2. The Morgan fingerprint density at radius 3 is 2.32 bits per heavy atom. The molecule has 38 heavy (non-hydrogen) atoms. The molecule has 2 saturated heterocycles. The molecule has 1 atom stereocenters. The van der Waals surface area contributed by atoms with Crippen molar-refractivity contribution in [3.05, 3.63) is 65.7 Å². The maximum atomic E-state index is 12.8. The summed E-state index contributed by atoms with van der Waals surface area (Å²) in [7, 11) is 0. The molecule has 2 fully saturated rings. The highest BCUT2D eigenvalue weighted by Gasteiger charge is 2.44. The van der Waals surface area contributed by atoms with Crippen molar-refractivity contribution >= 4 is 11.8 Å². The molecule has 0 aromatic heterocycles. The highest BCUT2D eigenvalue weighted by atomic mass is 19.4. The van der Waals surface area contributed by atoms with E-state index in [2.05, 4.69) is 15.0 Å². The Morgan fingerprint density at radius 1 is 1.05 bits per heavy atom. The van der Waals surface area contributed by atoms with E-state index in [1.165, 1.54) is 12.1 Å². The van der Waals surface area contributed by atoms with Crippen molar-refractivity contribution in [1.29, 1.82) is 0 Å². The van der Waals surface area contributed by atoms with E-state index in [1.807, 2.05) is 49.1 Å². The van der Waals surface area contributed by atoms with Gasteiger partial charge in [0.1, 0.15) is 5.75 Å². The number of halogens is 3. The van der Waals surface area contributed by atoms with Crippen molar-refractivity contribution in [1.82, 2.24) is 15.1 Å². The molecule has 2 aromatic carbocycles. The van der Waals surface area contributed by atoms with Gasteiger partial charge in [-0.2, -0.15) is 0 Å². The quantitative estimate of drug-likeness (QED) is 0.477. The lowest BCUT2D eigenvalue weighted by Crippen LogP contribution is -2.43. The summed E-state index contributed by atoms with van der Waals surface area (Å²) < 4.78 is 41.1. The van der Waals surface area contributed by atoms with E-state index in [0.29, 0.717) is 19.5 Å². The molecule has 2 aliphatic heterocycles. The van der Waals surface area contributed by atoms with Crippen LogP contribution in [0.1, 0.15) is 56.7 Å². The monoisotopic (exact) mass is 531 g/mol. The van der Waals surface area contributed by atoms with Crippen molar-refractivity contribution in [2.75, 3.05) is 26.2 Å². The molecular formula is C29H36F3N3O3. The summed E-state index contributed by atoms with van der Waals surface area (Å²) in [4.78, 5) is 29.4. The number of rotatable bonds is 9. The van der Waals surface area contributed by atoms with Crippen molar-refractivity contribution in [3.8, 4) is 5.75 Å². The van der Waals surface area contributed by atoms with Crippen LogP contribution in [-0.2, 0) is 16.1 Å². The third-order valence-corrected chi connectivity index (χ3v) is 7.63. The summed E-state index contributed by atoms with van der Waals surface area (Å²) in [6.45, 7) is 7.48. The first-order chi connectivity index (χ1) is 18.0. The van der Waals surface area contributed by atoms with Gasteiger partial charge in [-0.15, -0.1) is 13.2 Å². The number of hydrogen-bond donors (Lipinski definition) is 1. The van der Waals surface area contributed by atoms with Gasteiger partial charge in [-0.05, 0) is 61.0 Å². The van der Waals surface area contributed by atoms with Crippen molar-refractivity contribution in [2.45, 2.75) is 58.5 Å². The lowest BCUT2D eigenvalue weighted by Gasteiger charge is -2.39. The fourth-order valence-electron chi connectivity index (χ4n) is 5.39. The van der Waals surface area contributed by atoms with Crippen LogP contribution >= 0.6 is 0 Å². The van der Waals surface area contributed by atoms with Crippen LogP contribution in [0.4, 0.5) is 13.2 Å². The van der Waals surface area contributed by atoms with E-state index in [4.69, 9.17) is 0 Å². The summed E-state index contributed by atoms with van der Waals surface area (Å²) in [5, 5.41) is 3.19. The normalized spacial score (nSPS) is 18.7. The SMILES string of the molecule is CC(C)C(=O)N[C@@H](CCN1CCC2(CC1)CC(=O)N(Cc1ccc(OC(F)(F)F)cc1)C2)c1ccccc1. The van der Waals surface area contributed by atoms with Crippen LogP contribution in [0.15, 0.2) is 54.6 Å². The molecule has 2 amide bonds. The van der Waals surface area contributed by atoms with E-state index in [1.54, 1.807) is 12.1 Å². The number of carbonyl (C=O) groups excluding carboxylic acids is 2. The Bertz CT molecular complexity index is 1080. The molecule has 1 N–H and O–H groups in total. The van der Waals surface area contributed by atoms with E-state index in [-0.39, 0.29) is 34.9 Å². The van der Waals surface area contributed by atoms with Crippen LogP contribution in [0.3, 0.4) is 0 Å². The van der Waals surface area contributed by atoms with E-state index in [0.717, 1.165) is 50.0 Å². The van der Waals surface area contributed by atoms with Gasteiger partial charge in [0, 0.05) is 32.0 Å². The number of amides is 2. The van der Waals surface area contributed by atoms with Gasteiger partial charge in [-0.3, -0.25) is 9.59 Å². The highest BCUT2D eigenvalue weighted by molar-refractivity contribution is 5.79. The topological polar surface area (TPSA) is 61.9 Å². The number of piperidine rings is 1. The number of nitrogens with zero attached hydrogens (tertiary/aromatic N) is 2. The van der Waals surface area contributed by atoms with Crippen LogP contribution in [0.2, 0.25) is 0 Å². The van der Waals surface area contributed by atoms with Gasteiger partial charge in [-0.25, -0.2) is 0 Å². The maximum Gasteiger partial charge on any atom is 0.573 e. The van der Waals surface area contributed by atoms with E-state index in [9.17, 15) is 22.8 Å². The minimum absolute atomic E-state index is 0.0431. The molecule has 206 valence electrons. The molecule has 2 aliphatic rings. The lowest BCUT2D eigenvalue weighted by molar-refractivity contribution is -0.274. The second kappa shape index (κ2) is 11.8. The Labute approximate surface area is 222 Å².